The molecule has 0 heterocycles. The molecule has 0 bridgehead atoms. The number of alkyl halides is 3. The summed E-state index contributed by atoms with van der Waals surface area (Å²) in [6.07, 6.45) is -3.14. The molecule has 2 unspecified atom stereocenters. The van der Waals surface area contributed by atoms with Crippen LogP contribution in [0.4, 0.5) is 13.2 Å². The van der Waals surface area contributed by atoms with Crippen molar-refractivity contribution in [2.45, 2.75) is 59.7 Å². The molecule has 1 N–H and O–H groups in total. The van der Waals surface area contributed by atoms with E-state index in [1.807, 2.05) is 34.6 Å². The SMILES string of the molecule is CCC(C)CNC(CC(C)(C)C)C(F)(F)F. The lowest BCUT2D eigenvalue weighted by atomic mass is 9.87. The van der Waals surface area contributed by atoms with Gasteiger partial charge in [0.1, 0.15) is 6.04 Å². The van der Waals surface area contributed by atoms with Gasteiger partial charge in [0.15, 0.2) is 0 Å². The maximum Gasteiger partial charge on any atom is 0.403 e. The summed E-state index contributed by atoms with van der Waals surface area (Å²) >= 11 is 0. The first-order chi connectivity index (χ1) is 7.06. The average Bonchev–Trinajstić information content (AvgIpc) is 2.08. The van der Waals surface area contributed by atoms with E-state index in [-0.39, 0.29) is 17.8 Å². The maximum absolute atomic E-state index is 12.7. The van der Waals surface area contributed by atoms with Crippen LogP contribution in [-0.2, 0) is 0 Å². The summed E-state index contributed by atoms with van der Waals surface area (Å²) in [6.45, 7) is 9.86. The van der Waals surface area contributed by atoms with Crippen LogP contribution < -0.4 is 5.32 Å². The fourth-order valence-corrected chi connectivity index (χ4v) is 1.40. The van der Waals surface area contributed by atoms with Gasteiger partial charge in [-0.05, 0) is 24.3 Å². The van der Waals surface area contributed by atoms with E-state index in [0.29, 0.717) is 6.54 Å². The third-order valence-corrected chi connectivity index (χ3v) is 2.62. The molecule has 16 heavy (non-hydrogen) atoms. The number of hydrogen-bond donors (Lipinski definition) is 1. The van der Waals surface area contributed by atoms with Crippen molar-refractivity contribution < 1.29 is 13.2 Å². The Kier molecular flexibility index (Phi) is 5.80. The lowest BCUT2D eigenvalue weighted by Crippen LogP contribution is -2.46. The van der Waals surface area contributed by atoms with Crippen molar-refractivity contribution in [3.05, 3.63) is 0 Å². The van der Waals surface area contributed by atoms with Gasteiger partial charge >= 0.3 is 6.18 Å². The third kappa shape index (κ3) is 7.09. The summed E-state index contributed by atoms with van der Waals surface area (Å²) < 4.78 is 38.2. The molecule has 0 rings (SSSR count). The van der Waals surface area contributed by atoms with Crippen LogP contribution in [0.25, 0.3) is 0 Å². The van der Waals surface area contributed by atoms with E-state index in [1.54, 1.807) is 0 Å². The molecule has 0 saturated heterocycles. The number of nitrogens with one attached hydrogen (secondary N) is 1. The first-order valence-electron chi connectivity index (χ1n) is 5.86. The smallest absolute Gasteiger partial charge is 0.306 e. The second-order valence-electron chi connectivity index (χ2n) is 5.78. The Hall–Kier alpha value is -0.250. The molecule has 4 heteroatoms. The molecule has 0 radical (unpaired) electrons. The van der Waals surface area contributed by atoms with Crippen molar-refractivity contribution >= 4 is 0 Å². The van der Waals surface area contributed by atoms with Crippen LogP contribution >= 0.6 is 0 Å². The summed E-state index contributed by atoms with van der Waals surface area (Å²) in [6, 6.07) is -1.39. The van der Waals surface area contributed by atoms with E-state index >= 15 is 0 Å². The molecule has 0 aliphatic carbocycles. The summed E-state index contributed by atoms with van der Waals surface area (Å²) in [5.74, 6) is 0.282. The molecule has 0 aliphatic rings. The van der Waals surface area contributed by atoms with Crippen molar-refractivity contribution in [1.29, 1.82) is 0 Å². The van der Waals surface area contributed by atoms with Crippen LogP contribution in [-0.4, -0.2) is 18.8 Å². The zero-order valence-corrected chi connectivity index (χ0v) is 10.9. The van der Waals surface area contributed by atoms with Crippen LogP contribution in [0.3, 0.4) is 0 Å². The van der Waals surface area contributed by atoms with Gasteiger partial charge < -0.3 is 5.32 Å². The zero-order valence-electron chi connectivity index (χ0n) is 10.9. The number of rotatable bonds is 5. The van der Waals surface area contributed by atoms with Gasteiger partial charge in [-0.25, -0.2) is 0 Å². The molecule has 0 amide bonds. The molecular formula is C12H24F3N. The Morgan fingerprint density at radius 3 is 1.94 bits per heavy atom. The number of hydrogen-bond acceptors (Lipinski definition) is 1. The van der Waals surface area contributed by atoms with E-state index in [0.717, 1.165) is 6.42 Å². The largest absolute Gasteiger partial charge is 0.403 e. The van der Waals surface area contributed by atoms with Crippen molar-refractivity contribution in [3.8, 4) is 0 Å². The quantitative estimate of drug-likeness (QED) is 0.765. The standard InChI is InChI=1S/C12H24F3N/c1-6-9(2)8-16-10(12(13,14)15)7-11(3,4)5/h9-10,16H,6-8H2,1-5H3. The highest BCUT2D eigenvalue weighted by atomic mass is 19.4. The molecule has 2 atom stereocenters. The lowest BCUT2D eigenvalue weighted by Gasteiger charge is -2.29. The molecule has 1 nitrogen and oxygen atoms in total. The second-order valence-corrected chi connectivity index (χ2v) is 5.78. The van der Waals surface area contributed by atoms with Gasteiger partial charge in [0, 0.05) is 0 Å². The molecule has 98 valence electrons. The van der Waals surface area contributed by atoms with Gasteiger partial charge in [0.2, 0.25) is 0 Å². The topological polar surface area (TPSA) is 12.0 Å². The van der Waals surface area contributed by atoms with Crippen LogP contribution in [0.2, 0.25) is 0 Å². The fraction of sp³-hybridized carbons (Fsp3) is 1.00. The van der Waals surface area contributed by atoms with Crippen molar-refractivity contribution in [1.82, 2.24) is 5.32 Å². The minimum absolute atomic E-state index is 0.118. The summed E-state index contributed by atoms with van der Waals surface area (Å²) in [7, 11) is 0. The van der Waals surface area contributed by atoms with E-state index < -0.39 is 12.2 Å². The lowest BCUT2D eigenvalue weighted by molar-refractivity contribution is -0.162. The zero-order chi connectivity index (χ0) is 13.0. The Labute approximate surface area is 96.8 Å². The molecule has 0 aromatic rings. The van der Waals surface area contributed by atoms with Crippen molar-refractivity contribution in [2.24, 2.45) is 11.3 Å². The van der Waals surface area contributed by atoms with Crippen molar-refractivity contribution in [3.63, 3.8) is 0 Å². The van der Waals surface area contributed by atoms with E-state index in [9.17, 15) is 13.2 Å². The molecule has 0 aliphatic heterocycles. The Balaban J connectivity index is 4.35. The predicted molar refractivity (Wildman–Crippen MR) is 61.4 cm³/mol. The summed E-state index contributed by atoms with van der Waals surface area (Å²) in [4.78, 5) is 0. The van der Waals surface area contributed by atoms with E-state index in [2.05, 4.69) is 5.32 Å². The normalized spacial score (nSPS) is 17.2. The Bertz CT molecular complexity index is 193. The van der Waals surface area contributed by atoms with Gasteiger partial charge in [-0.15, -0.1) is 0 Å². The van der Waals surface area contributed by atoms with Gasteiger partial charge in [0.05, 0.1) is 0 Å². The highest BCUT2D eigenvalue weighted by Crippen LogP contribution is 2.30. The maximum atomic E-state index is 12.7. The predicted octanol–water partition coefficient (Wildman–Crippen LogP) is 3.99. The highest BCUT2D eigenvalue weighted by Gasteiger charge is 2.41. The van der Waals surface area contributed by atoms with Crippen LogP contribution in [0.5, 0.6) is 0 Å². The van der Waals surface area contributed by atoms with E-state index in [1.165, 1.54) is 0 Å². The first-order valence-corrected chi connectivity index (χ1v) is 5.86. The third-order valence-electron chi connectivity index (χ3n) is 2.62. The minimum Gasteiger partial charge on any atom is -0.306 e. The molecule has 0 aromatic carbocycles. The van der Waals surface area contributed by atoms with Crippen LogP contribution in [0.1, 0.15) is 47.5 Å². The molecule has 0 saturated carbocycles. The number of halogens is 3. The highest BCUT2D eigenvalue weighted by molar-refractivity contribution is 4.81. The fourth-order valence-electron chi connectivity index (χ4n) is 1.40. The molecule has 0 spiro atoms. The Morgan fingerprint density at radius 1 is 1.12 bits per heavy atom. The first kappa shape index (κ1) is 15.8. The van der Waals surface area contributed by atoms with Crippen LogP contribution in [0, 0.1) is 11.3 Å². The second kappa shape index (κ2) is 5.89. The monoisotopic (exact) mass is 239 g/mol. The summed E-state index contributed by atoms with van der Waals surface area (Å²) in [5, 5.41) is 2.64. The molecule has 0 aromatic heterocycles. The van der Waals surface area contributed by atoms with Gasteiger partial charge in [-0.1, -0.05) is 41.0 Å². The van der Waals surface area contributed by atoms with Crippen LogP contribution in [0.15, 0.2) is 0 Å². The summed E-state index contributed by atoms with van der Waals surface area (Å²) in [5.41, 5.74) is -0.317. The van der Waals surface area contributed by atoms with E-state index in [4.69, 9.17) is 0 Å². The van der Waals surface area contributed by atoms with Crippen molar-refractivity contribution in [2.75, 3.05) is 6.54 Å². The van der Waals surface area contributed by atoms with Gasteiger partial charge in [-0.3, -0.25) is 0 Å². The van der Waals surface area contributed by atoms with Gasteiger partial charge in [-0.2, -0.15) is 13.2 Å². The molecular weight excluding hydrogens is 215 g/mol. The minimum atomic E-state index is -4.15. The molecule has 0 fully saturated rings. The average molecular weight is 239 g/mol. The Morgan fingerprint density at radius 2 is 1.62 bits per heavy atom. The van der Waals surface area contributed by atoms with Gasteiger partial charge in [0.25, 0.3) is 0 Å².